The van der Waals surface area contributed by atoms with E-state index in [9.17, 15) is 13.2 Å². The number of unbranched alkanes of at least 4 members (excludes halogenated alkanes) is 1. The Morgan fingerprint density at radius 1 is 1.30 bits per heavy atom. The Bertz CT molecular complexity index is 958. The summed E-state index contributed by atoms with van der Waals surface area (Å²) >= 11 is 5.86. The number of halogens is 1. The second kappa shape index (κ2) is 10.3. The lowest BCUT2D eigenvalue weighted by atomic mass is 10.1. The molecule has 3 rings (SSSR count). The van der Waals surface area contributed by atoms with Gasteiger partial charge < -0.3 is 9.52 Å². The Kier molecular flexibility index (Phi) is 7.71. The number of rotatable bonds is 10. The van der Waals surface area contributed by atoms with Crippen LogP contribution in [0.1, 0.15) is 31.4 Å². The maximum absolute atomic E-state index is 12.7. The molecule has 162 valence electrons. The van der Waals surface area contributed by atoms with Gasteiger partial charge in [-0.2, -0.15) is 0 Å². The molecule has 1 aliphatic rings. The highest BCUT2D eigenvalue weighted by Gasteiger charge is 2.33. The minimum Gasteiger partial charge on any atom is -0.481 e. The first-order valence-corrected chi connectivity index (χ1v) is 11.6. The van der Waals surface area contributed by atoms with Crippen LogP contribution in [0.15, 0.2) is 64.1 Å². The fourth-order valence-electron chi connectivity index (χ4n) is 3.53. The molecular weight excluding hydrogens is 428 g/mol. The molecule has 7 nitrogen and oxygen atoms in total. The Labute approximate surface area is 181 Å². The van der Waals surface area contributed by atoms with Crippen LogP contribution in [-0.4, -0.2) is 43.0 Å². The van der Waals surface area contributed by atoms with Gasteiger partial charge in [0.15, 0.2) is 0 Å². The van der Waals surface area contributed by atoms with Crippen molar-refractivity contribution in [3.8, 4) is 0 Å². The van der Waals surface area contributed by atoms with Crippen molar-refractivity contribution in [1.29, 1.82) is 0 Å². The zero-order valence-electron chi connectivity index (χ0n) is 16.4. The monoisotopic (exact) mass is 452 g/mol. The smallest absolute Gasteiger partial charge is 0.303 e. The lowest BCUT2D eigenvalue weighted by Gasteiger charge is -2.20. The van der Waals surface area contributed by atoms with Crippen molar-refractivity contribution in [2.24, 2.45) is 0 Å². The first-order valence-electron chi connectivity index (χ1n) is 9.76. The number of sulfonamides is 1. The lowest BCUT2D eigenvalue weighted by molar-refractivity contribution is -0.137. The number of nitrogens with zero attached hydrogens (tertiary/aromatic N) is 1. The Morgan fingerprint density at radius 2 is 2.07 bits per heavy atom. The SMILES string of the molecule is O=C(O)CCC/C=C\[C@@H]1C[C@@H](NS(=O)(=O)c2ccc(Cl)cc2)CN1Cc1ccco1. The number of nitrogens with one attached hydrogen (secondary N) is 1. The van der Waals surface area contributed by atoms with E-state index in [1.54, 1.807) is 18.4 Å². The normalized spacial score (nSPS) is 20.2. The molecule has 1 aromatic heterocycles. The van der Waals surface area contributed by atoms with E-state index in [-0.39, 0.29) is 23.4 Å². The first kappa shape index (κ1) is 22.6. The molecule has 2 aromatic rings. The second-order valence-corrected chi connectivity index (χ2v) is 9.45. The van der Waals surface area contributed by atoms with Crippen LogP contribution in [0.4, 0.5) is 0 Å². The van der Waals surface area contributed by atoms with E-state index in [2.05, 4.69) is 9.62 Å². The van der Waals surface area contributed by atoms with Crippen molar-refractivity contribution in [1.82, 2.24) is 9.62 Å². The van der Waals surface area contributed by atoms with Crippen LogP contribution in [-0.2, 0) is 21.4 Å². The van der Waals surface area contributed by atoms with Gasteiger partial charge in [-0.25, -0.2) is 13.1 Å². The summed E-state index contributed by atoms with van der Waals surface area (Å²) in [5, 5.41) is 9.23. The summed E-state index contributed by atoms with van der Waals surface area (Å²) in [6.07, 6.45) is 7.60. The number of carboxylic acids is 1. The quantitative estimate of drug-likeness (QED) is 0.421. The highest BCUT2D eigenvalue weighted by molar-refractivity contribution is 7.89. The molecule has 0 unspecified atom stereocenters. The summed E-state index contributed by atoms with van der Waals surface area (Å²) in [4.78, 5) is 13.0. The van der Waals surface area contributed by atoms with E-state index in [1.165, 1.54) is 12.1 Å². The molecule has 0 saturated carbocycles. The van der Waals surface area contributed by atoms with Gasteiger partial charge in [-0.1, -0.05) is 23.8 Å². The molecule has 0 aliphatic carbocycles. The van der Waals surface area contributed by atoms with Gasteiger partial charge >= 0.3 is 5.97 Å². The lowest BCUT2D eigenvalue weighted by Crippen LogP contribution is -2.37. The average molecular weight is 453 g/mol. The molecule has 0 radical (unpaired) electrons. The van der Waals surface area contributed by atoms with E-state index in [1.807, 2.05) is 24.3 Å². The van der Waals surface area contributed by atoms with Crippen LogP contribution >= 0.6 is 11.6 Å². The topological polar surface area (TPSA) is 99.8 Å². The fourth-order valence-corrected chi connectivity index (χ4v) is 4.90. The summed E-state index contributed by atoms with van der Waals surface area (Å²) in [5.74, 6) is 0.000804. The third-order valence-electron chi connectivity index (χ3n) is 4.95. The van der Waals surface area contributed by atoms with Crippen molar-refractivity contribution in [2.45, 2.75) is 49.2 Å². The van der Waals surface area contributed by atoms with Gasteiger partial charge in [0.05, 0.1) is 17.7 Å². The maximum Gasteiger partial charge on any atom is 0.303 e. The van der Waals surface area contributed by atoms with Crippen LogP contribution in [0, 0.1) is 0 Å². The van der Waals surface area contributed by atoms with Crippen molar-refractivity contribution in [3.05, 3.63) is 65.6 Å². The summed E-state index contributed by atoms with van der Waals surface area (Å²) in [5.41, 5.74) is 0. The molecule has 2 atom stereocenters. The Balaban J connectivity index is 1.66. The molecule has 1 aromatic carbocycles. The van der Waals surface area contributed by atoms with Crippen molar-refractivity contribution < 1.29 is 22.7 Å². The van der Waals surface area contributed by atoms with E-state index < -0.39 is 16.0 Å². The highest BCUT2D eigenvalue weighted by atomic mass is 35.5. The van der Waals surface area contributed by atoms with E-state index in [0.29, 0.717) is 37.4 Å². The molecule has 1 fully saturated rings. The predicted octanol–water partition coefficient (Wildman–Crippen LogP) is 3.67. The van der Waals surface area contributed by atoms with E-state index in [4.69, 9.17) is 21.1 Å². The number of hydrogen-bond acceptors (Lipinski definition) is 5. The summed E-state index contributed by atoms with van der Waals surface area (Å²) in [6, 6.07) is 9.56. The zero-order valence-corrected chi connectivity index (χ0v) is 18.0. The van der Waals surface area contributed by atoms with Gasteiger partial charge in [-0.3, -0.25) is 9.69 Å². The first-order chi connectivity index (χ1) is 14.3. The molecule has 2 N–H and O–H groups in total. The van der Waals surface area contributed by atoms with E-state index in [0.717, 1.165) is 5.76 Å². The second-order valence-electron chi connectivity index (χ2n) is 7.30. The number of aliphatic carboxylic acids is 1. The van der Waals surface area contributed by atoms with Crippen LogP contribution in [0.3, 0.4) is 0 Å². The van der Waals surface area contributed by atoms with E-state index >= 15 is 0 Å². The van der Waals surface area contributed by atoms with Crippen LogP contribution in [0.25, 0.3) is 0 Å². The fraction of sp³-hybridized carbons (Fsp3) is 0.381. The zero-order chi connectivity index (χ0) is 21.6. The molecule has 2 heterocycles. The van der Waals surface area contributed by atoms with Gasteiger partial charge in [0, 0.05) is 30.1 Å². The number of hydrogen-bond donors (Lipinski definition) is 2. The van der Waals surface area contributed by atoms with Crippen molar-refractivity contribution in [2.75, 3.05) is 6.54 Å². The Hall–Kier alpha value is -2.13. The van der Waals surface area contributed by atoms with Gasteiger partial charge in [0.25, 0.3) is 0 Å². The number of furan rings is 1. The molecule has 1 saturated heterocycles. The molecular formula is C21H25ClN2O5S. The summed E-state index contributed by atoms with van der Waals surface area (Å²) in [6.45, 7) is 1.11. The van der Waals surface area contributed by atoms with Crippen molar-refractivity contribution in [3.63, 3.8) is 0 Å². The minimum absolute atomic E-state index is 0.0258. The average Bonchev–Trinajstić information content (AvgIpc) is 3.32. The molecule has 9 heteroatoms. The van der Waals surface area contributed by atoms with Crippen LogP contribution in [0.5, 0.6) is 0 Å². The number of carbonyl (C=O) groups is 1. The van der Waals surface area contributed by atoms with Gasteiger partial charge in [-0.15, -0.1) is 0 Å². The molecule has 0 spiro atoms. The molecule has 0 amide bonds. The van der Waals surface area contributed by atoms with Gasteiger partial charge in [0.1, 0.15) is 5.76 Å². The summed E-state index contributed by atoms with van der Waals surface area (Å²) < 4.78 is 33.7. The minimum atomic E-state index is -3.66. The number of allylic oxidation sites excluding steroid dienone is 1. The maximum atomic E-state index is 12.7. The van der Waals surface area contributed by atoms with Gasteiger partial charge in [-0.05, 0) is 55.7 Å². The molecule has 30 heavy (non-hydrogen) atoms. The number of carboxylic acid groups (broad SMARTS) is 1. The third-order valence-corrected chi connectivity index (χ3v) is 6.74. The number of likely N-dealkylation sites (tertiary alicyclic amines) is 1. The van der Waals surface area contributed by atoms with Crippen LogP contribution in [0.2, 0.25) is 5.02 Å². The summed E-state index contributed by atoms with van der Waals surface area (Å²) in [7, 11) is -3.66. The van der Waals surface area contributed by atoms with Crippen LogP contribution < -0.4 is 4.72 Å². The highest BCUT2D eigenvalue weighted by Crippen LogP contribution is 2.24. The third kappa shape index (κ3) is 6.43. The standard InChI is InChI=1S/C21H25ClN2O5S/c22-16-8-10-20(11-9-16)30(27,28)23-17-13-18(5-2-1-3-7-21(25)26)24(14-17)15-19-6-4-12-29-19/h2,4-6,8-12,17-18,23H,1,3,7,13-15H2,(H,25,26)/b5-2-/t17-,18-/m1/s1. The van der Waals surface area contributed by atoms with Crippen molar-refractivity contribution >= 4 is 27.6 Å². The predicted molar refractivity (Wildman–Crippen MR) is 114 cm³/mol. The largest absolute Gasteiger partial charge is 0.481 e. The molecule has 1 aliphatic heterocycles. The molecule has 0 bridgehead atoms. The van der Waals surface area contributed by atoms with Gasteiger partial charge in [0.2, 0.25) is 10.0 Å². The Morgan fingerprint density at radius 3 is 2.73 bits per heavy atom. The number of benzene rings is 1.